The smallest absolute Gasteiger partial charge is 0.410 e. The van der Waals surface area contributed by atoms with Crippen molar-refractivity contribution < 1.29 is 14.6 Å². The standard InChI is InChI=1S/C20H25N3O3/c1-14(23-12-10-18(4-3-13-24)26-20(23)25)16-5-7-17(8-6-16)19-9-11-21-15(2)22-19/h5-9,11,14,18,24H,3-4,10,12-13H2,1-2H3. The lowest BCUT2D eigenvalue weighted by Crippen LogP contribution is -2.43. The maximum atomic E-state index is 12.3. The molecule has 2 aromatic rings. The second-order valence-electron chi connectivity index (χ2n) is 6.64. The number of benzene rings is 1. The summed E-state index contributed by atoms with van der Waals surface area (Å²) in [5.41, 5.74) is 2.97. The number of ether oxygens (including phenoxy) is 1. The fourth-order valence-electron chi connectivity index (χ4n) is 3.25. The van der Waals surface area contributed by atoms with E-state index < -0.39 is 0 Å². The number of carbonyl (C=O) groups excluding carboxylic acids is 1. The van der Waals surface area contributed by atoms with E-state index in [1.807, 2.05) is 44.2 Å². The van der Waals surface area contributed by atoms with Crippen molar-refractivity contribution in [1.82, 2.24) is 14.9 Å². The molecule has 1 aromatic heterocycles. The van der Waals surface area contributed by atoms with Crippen molar-refractivity contribution in [3.63, 3.8) is 0 Å². The summed E-state index contributed by atoms with van der Waals surface area (Å²) in [5.74, 6) is 0.742. The Morgan fingerprint density at radius 2 is 2.08 bits per heavy atom. The predicted octanol–water partition coefficient (Wildman–Crippen LogP) is 3.50. The number of aliphatic hydroxyl groups excluding tert-OH is 1. The molecule has 0 saturated carbocycles. The maximum absolute atomic E-state index is 12.3. The third-order valence-corrected chi connectivity index (χ3v) is 4.81. The minimum absolute atomic E-state index is 0.0533. The summed E-state index contributed by atoms with van der Waals surface area (Å²) in [6.45, 7) is 4.68. The summed E-state index contributed by atoms with van der Waals surface area (Å²) in [6.07, 6.45) is 3.58. The molecule has 6 nitrogen and oxygen atoms in total. The van der Waals surface area contributed by atoms with E-state index in [2.05, 4.69) is 9.97 Å². The molecule has 2 heterocycles. The fourth-order valence-corrected chi connectivity index (χ4v) is 3.25. The average Bonchev–Trinajstić information content (AvgIpc) is 2.66. The van der Waals surface area contributed by atoms with Crippen molar-refractivity contribution >= 4 is 6.09 Å². The molecule has 1 aromatic carbocycles. The number of hydrogen-bond acceptors (Lipinski definition) is 5. The zero-order valence-electron chi connectivity index (χ0n) is 15.3. The van der Waals surface area contributed by atoms with E-state index in [9.17, 15) is 4.79 Å². The largest absolute Gasteiger partial charge is 0.446 e. The third kappa shape index (κ3) is 4.19. The van der Waals surface area contributed by atoms with Gasteiger partial charge in [-0.15, -0.1) is 0 Å². The molecule has 26 heavy (non-hydrogen) atoms. The van der Waals surface area contributed by atoms with Crippen LogP contribution in [0.2, 0.25) is 0 Å². The second kappa shape index (κ2) is 8.27. The predicted molar refractivity (Wildman–Crippen MR) is 98.5 cm³/mol. The van der Waals surface area contributed by atoms with Gasteiger partial charge in [-0.05, 0) is 38.3 Å². The van der Waals surface area contributed by atoms with Gasteiger partial charge in [0.25, 0.3) is 0 Å². The van der Waals surface area contributed by atoms with Crippen LogP contribution in [-0.4, -0.2) is 45.3 Å². The highest BCUT2D eigenvalue weighted by molar-refractivity contribution is 5.69. The number of amides is 1. The van der Waals surface area contributed by atoms with Gasteiger partial charge in [0.2, 0.25) is 0 Å². The molecular weight excluding hydrogens is 330 g/mol. The molecule has 1 aliphatic rings. The van der Waals surface area contributed by atoms with Crippen LogP contribution in [0.4, 0.5) is 4.79 Å². The number of rotatable bonds is 6. The van der Waals surface area contributed by atoms with E-state index >= 15 is 0 Å². The Hall–Kier alpha value is -2.47. The zero-order valence-corrected chi connectivity index (χ0v) is 15.3. The van der Waals surface area contributed by atoms with Crippen molar-refractivity contribution in [3.8, 4) is 11.3 Å². The van der Waals surface area contributed by atoms with Gasteiger partial charge < -0.3 is 14.7 Å². The van der Waals surface area contributed by atoms with Gasteiger partial charge in [0.05, 0.1) is 11.7 Å². The molecule has 0 spiro atoms. The van der Waals surface area contributed by atoms with Gasteiger partial charge in [-0.2, -0.15) is 0 Å². The number of hydrogen-bond donors (Lipinski definition) is 1. The molecule has 0 aliphatic carbocycles. The molecule has 3 rings (SSSR count). The normalized spacial score (nSPS) is 18.5. The Bertz CT molecular complexity index is 748. The van der Waals surface area contributed by atoms with Gasteiger partial charge in [0.1, 0.15) is 11.9 Å². The van der Waals surface area contributed by atoms with Crippen LogP contribution in [-0.2, 0) is 4.74 Å². The molecule has 0 radical (unpaired) electrons. The van der Waals surface area contributed by atoms with Crippen molar-refractivity contribution in [1.29, 1.82) is 0 Å². The van der Waals surface area contributed by atoms with Crippen LogP contribution in [0.25, 0.3) is 11.3 Å². The Morgan fingerprint density at radius 1 is 1.31 bits per heavy atom. The first-order valence-corrected chi connectivity index (χ1v) is 9.06. The van der Waals surface area contributed by atoms with Gasteiger partial charge in [-0.25, -0.2) is 14.8 Å². The second-order valence-corrected chi connectivity index (χ2v) is 6.64. The van der Waals surface area contributed by atoms with Crippen LogP contribution in [0, 0.1) is 6.92 Å². The van der Waals surface area contributed by atoms with E-state index in [-0.39, 0.29) is 24.8 Å². The van der Waals surface area contributed by atoms with E-state index in [0.717, 1.165) is 35.5 Å². The van der Waals surface area contributed by atoms with Crippen LogP contribution >= 0.6 is 0 Å². The first-order valence-electron chi connectivity index (χ1n) is 9.06. The number of aromatic nitrogens is 2. The maximum Gasteiger partial charge on any atom is 0.410 e. The summed E-state index contributed by atoms with van der Waals surface area (Å²) in [7, 11) is 0. The van der Waals surface area contributed by atoms with Crippen molar-refractivity contribution in [3.05, 3.63) is 47.9 Å². The highest BCUT2D eigenvalue weighted by Crippen LogP contribution is 2.28. The van der Waals surface area contributed by atoms with Gasteiger partial charge in [0, 0.05) is 31.3 Å². The summed E-state index contributed by atoms with van der Waals surface area (Å²) in [6, 6.07) is 9.94. The van der Waals surface area contributed by atoms with E-state index in [4.69, 9.17) is 9.84 Å². The van der Waals surface area contributed by atoms with Crippen molar-refractivity contribution in [2.45, 2.75) is 45.3 Å². The fraction of sp³-hybridized carbons (Fsp3) is 0.450. The SMILES string of the molecule is Cc1nccc(-c2ccc(C(C)N3CCC(CCCO)OC3=O)cc2)n1. The lowest BCUT2D eigenvalue weighted by atomic mass is 10.0. The Balaban J connectivity index is 1.67. The van der Waals surface area contributed by atoms with E-state index in [1.54, 1.807) is 11.1 Å². The van der Waals surface area contributed by atoms with Gasteiger partial charge >= 0.3 is 6.09 Å². The highest BCUT2D eigenvalue weighted by atomic mass is 16.6. The Labute approximate surface area is 153 Å². The van der Waals surface area contributed by atoms with Gasteiger partial charge in [-0.3, -0.25) is 0 Å². The molecular formula is C20H25N3O3. The zero-order chi connectivity index (χ0) is 18.5. The minimum atomic E-state index is -0.276. The monoisotopic (exact) mass is 355 g/mol. The lowest BCUT2D eigenvalue weighted by molar-refractivity contribution is 0.00760. The highest BCUT2D eigenvalue weighted by Gasteiger charge is 2.30. The molecule has 138 valence electrons. The molecule has 1 amide bonds. The van der Waals surface area contributed by atoms with Crippen LogP contribution in [0.3, 0.4) is 0 Å². The Morgan fingerprint density at radius 3 is 2.73 bits per heavy atom. The molecule has 1 N–H and O–H groups in total. The van der Waals surface area contributed by atoms with Crippen LogP contribution in [0.5, 0.6) is 0 Å². The van der Waals surface area contributed by atoms with Crippen molar-refractivity contribution in [2.24, 2.45) is 0 Å². The van der Waals surface area contributed by atoms with E-state index in [1.165, 1.54) is 0 Å². The summed E-state index contributed by atoms with van der Waals surface area (Å²) in [5, 5.41) is 8.91. The number of aryl methyl sites for hydroxylation is 1. The first-order chi connectivity index (χ1) is 12.6. The average molecular weight is 355 g/mol. The summed E-state index contributed by atoms with van der Waals surface area (Å²) >= 11 is 0. The van der Waals surface area contributed by atoms with Gasteiger partial charge in [-0.1, -0.05) is 24.3 Å². The third-order valence-electron chi connectivity index (χ3n) is 4.81. The van der Waals surface area contributed by atoms with Crippen molar-refractivity contribution in [2.75, 3.05) is 13.2 Å². The van der Waals surface area contributed by atoms with Crippen LogP contribution < -0.4 is 0 Å². The number of aliphatic hydroxyl groups is 1. The number of nitrogens with zero attached hydrogens (tertiary/aromatic N) is 3. The summed E-state index contributed by atoms with van der Waals surface area (Å²) < 4.78 is 5.51. The van der Waals surface area contributed by atoms with Gasteiger partial charge in [0.15, 0.2) is 0 Å². The molecule has 2 atom stereocenters. The molecule has 1 saturated heterocycles. The topological polar surface area (TPSA) is 75.6 Å². The van der Waals surface area contributed by atoms with Crippen LogP contribution in [0.15, 0.2) is 36.5 Å². The quantitative estimate of drug-likeness (QED) is 0.858. The first kappa shape index (κ1) is 18.3. The number of cyclic esters (lactones) is 1. The molecule has 1 fully saturated rings. The van der Waals surface area contributed by atoms with Crippen LogP contribution in [0.1, 0.15) is 43.6 Å². The summed E-state index contributed by atoms with van der Waals surface area (Å²) in [4.78, 5) is 22.7. The Kier molecular flexibility index (Phi) is 5.83. The minimum Gasteiger partial charge on any atom is -0.446 e. The molecule has 2 unspecified atom stereocenters. The molecule has 6 heteroatoms. The molecule has 1 aliphatic heterocycles. The molecule has 0 bridgehead atoms. The van der Waals surface area contributed by atoms with E-state index in [0.29, 0.717) is 13.0 Å². The number of carbonyl (C=O) groups is 1. The lowest BCUT2D eigenvalue weighted by Gasteiger charge is -2.35.